The molecule has 0 aromatic heterocycles. The van der Waals surface area contributed by atoms with E-state index in [1.807, 2.05) is 0 Å². The van der Waals surface area contributed by atoms with E-state index in [-0.39, 0.29) is 5.57 Å². The van der Waals surface area contributed by atoms with Crippen LogP contribution in [-0.2, 0) is 71.3 Å². The minimum absolute atomic E-state index is 0.00776. The highest BCUT2D eigenvalue weighted by atomic mass is 16.8. The molecule has 60 heavy (non-hydrogen) atoms. The number of carbonyl (C=O) groups is 5. The summed E-state index contributed by atoms with van der Waals surface area (Å²) in [5, 5.41) is 106. The van der Waals surface area contributed by atoms with Crippen molar-refractivity contribution < 1.29 is 117 Å². The lowest BCUT2D eigenvalue weighted by atomic mass is 9.94. The summed E-state index contributed by atoms with van der Waals surface area (Å²) in [6.45, 7) is 5.19. The third kappa shape index (κ3) is 10.9. The summed E-state index contributed by atoms with van der Waals surface area (Å²) in [6, 6.07) is -3.26. The Balaban J connectivity index is 1.64. The summed E-state index contributed by atoms with van der Waals surface area (Å²) in [7, 11) is 2.17. The van der Waals surface area contributed by atoms with E-state index >= 15 is 0 Å². The van der Waals surface area contributed by atoms with Gasteiger partial charge in [-0.1, -0.05) is 6.58 Å². The average molecular weight is 871 g/mol. The van der Waals surface area contributed by atoms with E-state index in [9.17, 15) is 69.9 Å². The topological polar surface area (TPSA) is 389 Å². The fourth-order valence-electron chi connectivity index (χ4n) is 6.99. The van der Waals surface area contributed by atoms with Crippen molar-refractivity contribution in [3.05, 3.63) is 12.2 Å². The Hall–Kier alpha value is -3.55. The number of aliphatic hydroxyl groups excluding tert-OH is 7. The van der Waals surface area contributed by atoms with Crippen LogP contribution in [0.2, 0.25) is 0 Å². The predicted molar refractivity (Wildman–Crippen MR) is 181 cm³/mol. The molecule has 26 heteroatoms. The summed E-state index contributed by atoms with van der Waals surface area (Å²) >= 11 is 0. The van der Waals surface area contributed by atoms with Gasteiger partial charge in [0.15, 0.2) is 25.2 Å². The number of hydrogen-bond acceptors (Lipinski definition) is 24. The molecule has 0 bridgehead atoms. The minimum Gasteiger partial charge on any atom is -0.547 e. The van der Waals surface area contributed by atoms with Gasteiger partial charge in [-0.15, -0.1) is 0 Å². The van der Waals surface area contributed by atoms with Crippen LogP contribution in [0.5, 0.6) is 0 Å². The molecule has 0 aromatic rings. The van der Waals surface area contributed by atoms with Gasteiger partial charge in [0.1, 0.15) is 104 Å². The summed E-state index contributed by atoms with van der Waals surface area (Å²) in [6.07, 6.45) is -35.3. The number of hydrogen-bond donors (Lipinski definition) is 9. The van der Waals surface area contributed by atoms with Gasteiger partial charge in [-0.2, -0.15) is 0 Å². The molecule has 4 rings (SSSR count). The number of carboxylic acids is 2. The Morgan fingerprint density at radius 1 is 0.583 bits per heavy atom. The van der Waals surface area contributed by atoms with Crippen LogP contribution >= 0.6 is 0 Å². The SMILES string of the molecule is C=C(C)C(=O)OCC1OC(OC2C(C(=O)[O-])OC(OC3C(O)C(CO)OC(OC4C(C(=O)[O-])OC(OC)C(O)C4O)C3NC(C)=O)C(O)C2O)C(NC(C)=O)C(OC)C1O. The molecular formula is C34H50N2O24-2. The second kappa shape index (κ2) is 21.0. The highest BCUT2D eigenvalue weighted by molar-refractivity contribution is 5.86. The number of carboxylic acid groups (broad SMARTS) is 2. The normalized spacial score (nSPS) is 42.1. The summed E-state index contributed by atoms with van der Waals surface area (Å²) in [5.41, 5.74) is -0.00776. The first-order chi connectivity index (χ1) is 28.2. The van der Waals surface area contributed by atoms with E-state index in [1.54, 1.807) is 0 Å². The van der Waals surface area contributed by atoms with Crippen molar-refractivity contribution in [1.82, 2.24) is 10.6 Å². The summed E-state index contributed by atoms with van der Waals surface area (Å²) in [5.74, 6) is -6.51. The molecule has 26 nitrogen and oxygen atoms in total. The largest absolute Gasteiger partial charge is 0.547 e. The molecule has 4 heterocycles. The van der Waals surface area contributed by atoms with Crippen LogP contribution in [0.25, 0.3) is 0 Å². The predicted octanol–water partition coefficient (Wildman–Crippen LogP) is -9.51. The first-order valence-corrected chi connectivity index (χ1v) is 18.3. The van der Waals surface area contributed by atoms with Crippen molar-refractivity contribution >= 4 is 29.7 Å². The number of aliphatic hydroxyl groups is 7. The van der Waals surface area contributed by atoms with Crippen LogP contribution in [0.4, 0.5) is 0 Å². The molecule has 0 radical (unpaired) electrons. The second-order valence-corrected chi connectivity index (χ2v) is 14.3. The van der Waals surface area contributed by atoms with Crippen molar-refractivity contribution in [3.63, 3.8) is 0 Å². The molecule has 20 unspecified atom stereocenters. The molecule has 4 saturated heterocycles. The number of aliphatic carboxylic acids is 2. The number of nitrogens with one attached hydrogen (secondary N) is 2. The van der Waals surface area contributed by atoms with E-state index in [0.717, 1.165) is 28.1 Å². The Labute approximate surface area is 340 Å². The molecule has 0 spiro atoms. The van der Waals surface area contributed by atoms with Gasteiger partial charge in [0.25, 0.3) is 0 Å². The van der Waals surface area contributed by atoms with E-state index < -0.39 is 166 Å². The standard InChI is InChI=1S/C34H52N2O24/c1-9(2)30(50)53-8-13-17(41)22(51-5)14(35-10(3)38)31(55-13)57-25-19(43)21(45)34(60-27(25)29(48)49)56-23-15(36-11(4)39)32(54-12(7-37)16(23)40)58-24-18(42)20(44)33(52-6)59-26(24)28(46)47/h12-27,31-34,37,40-45H,1,7-8H2,2-6H3,(H,35,38)(H,36,39)(H,46,47)(H,48,49)/p-2. The van der Waals surface area contributed by atoms with E-state index in [0.29, 0.717) is 0 Å². The molecule has 0 aromatic carbocycles. The van der Waals surface area contributed by atoms with Crippen molar-refractivity contribution in [1.29, 1.82) is 0 Å². The van der Waals surface area contributed by atoms with Gasteiger partial charge < -0.3 is 114 Å². The Morgan fingerprint density at radius 2 is 1.02 bits per heavy atom. The van der Waals surface area contributed by atoms with Crippen LogP contribution in [-0.4, -0.2) is 216 Å². The Bertz CT molecular complexity index is 1540. The fraction of sp³-hybridized carbons (Fsp3) is 0.794. The quantitative estimate of drug-likeness (QED) is 0.0513. The van der Waals surface area contributed by atoms with Crippen molar-refractivity contribution in [3.8, 4) is 0 Å². The van der Waals surface area contributed by atoms with Gasteiger partial charge in [-0.05, 0) is 6.92 Å². The number of ether oxygens (including phenoxy) is 10. The highest BCUT2D eigenvalue weighted by Crippen LogP contribution is 2.35. The Morgan fingerprint density at radius 3 is 1.45 bits per heavy atom. The Kier molecular flexibility index (Phi) is 17.2. The zero-order valence-corrected chi connectivity index (χ0v) is 32.7. The minimum atomic E-state index is -2.40. The first-order valence-electron chi connectivity index (χ1n) is 18.3. The molecule has 4 fully saturated rings. The van der Waals surface area contributed by atoms with Gasteiger partial charge in [-0.25, -0.2) is 4.79 Å². The van der Waals surface area contributed by atoms with Crippen LogP contribution in [0.3, 0.4) is 0 Å². The number of methoxy groups -OCH3 is 2. The van der Waals surface area contributed by atoms with Crippen LogP contribution in [0.15, 0.2) is 12.2 Å². The molecule has 0 saturated carbocycles. The molecule has 4 aliphatic rings. The number of amides is 2. The molecular weight excluding hydrogens is 820 g/mol. The van der Waals surface area contributed by atoms with Crippen LogP contribution < -0.4 is 20.8 Å². The summed E-state index contributed by atoms with van der Waals surface area (Å²) < 4.78 is 54.6. The monoisotopic (exact) mass is 870 g/mol. The lowest BCUT2D eigenvalue weighted by molar-refractivity contribution is -0.387. The van der Waals surface area contributed by atoms with Gasteiger partial charge in [0, 0.05) is 33.6 Å². The van der Waals surface area contributed by atoms with Gasteiger partial charge in [0.05, 0.1) is 18.5 Å². The van der Waals surface area contributed by atoms with E-state index in [1.165, 1.54) is 6.92 Å². The molecule has 4 aliphatic heterocycles. The zero-order valence-electron chi connectivity index (χ0n) is 32.7. The van der Waals surface area contributed by atoms with Gasteiger partial charge in [0.2, 0.25) is 11.8 Å². The first kappa shape index (κ1) is 49.1. The lowest BCUT2D eigenvalue weighted by Crippen LogP contribution is -2.71. The molecule has 342 valence electrons. The smallest absolute Gasteiger partial charge is 0.333 e. The maximum atomic E-state index is 12.6. The molecule has 9 N–H and O–H groups in total. The number of carbonyl (C=O) groups excluding carboxylic acids is 5. The van der Waals surface area contributed by atoms with Gasteiger partial charge in [-0.3, -0.25) is 9.59 Å². The molecule has 0 aliphatic carbocycles. The maximum absolute atomic E-state index is 12.6. The second-order valence-electron chi connectivity index (χ2n) is 14.3. The lowest BCUT2D eigenvalue weighted by Gasteiger charge is -2.50. The van der Waals surface area contributed by atoms with Crippen molar-refractivity contribution in [2.24, 2.45) is 0 Å². The highest BCUT2D eigenvalue weighted by Gasteiger charge is 2.56. The maximum Gasteiger partial charge on any atom is 0.333 e. The third-order valence-electron chi connectivity index (χ3n) is 9.93. The fourth-order valence-corrected chi connectivity index (χ4v) is 6.99. The average Bonchev–Trinajstić information content (AvgIpc) is 3.18. The van der Waals surface area contributed by atoms with Crippen LogP contribution in [0.1, 0.15) is 20.8 Å². The van der Waals surface area contributed by atoms with Crippen LogP contribution in [0, 0.1) is 0 Å². The third-order valence-corrected chi connectivity index (χ3v) is 9.93. The number of rotatable bonds is 16. The van der Waals surface area contributed by atoms with Crippen molar-refractivity contribution in [2.75, 3.05) is 27.4 Å². The van der Waals surface area contributed by atoms with Crippen molar-refractivity contribution in [2.45, 2.75) is 143 Å². The van der Waals surface area contributed by atoms with E-state index in [4.69, 9.17) is 47.4 Å². The zero-order chi connectivity index (χ0) is 44.9. The molecule has 2 amide bonds. The number of esters is 1. The van der Waals surface area contributed by atoms with E-state index in [2.05, 4.69) is 17.2 Å². The summed E-state index contributed by atoms with van der Waals surface area (Å²) in [4.78, 5) is 61.3. The van der Waals surface area contributed by atoms with Gasteiger partial charge >= 0.3 is 5.97 Å². The molecule has 20 atom stereocenters.